The number of rotatable bonds is 6. The lowest BCUT2D eigenvalue weighted by Gasteiger charge is -2.30. The summed E-state index contributed by atoms with van der Waals surface area (Å²) in [7, 11) is 1.72. The van der Waals surface area contributed by atoms with E-state index in [4.69, 9.17) is 9.72 Å². The summed E-state index contributed by atoms with van der Waals surface area (Å²) in [5, 5.41) is 4.65. The standard InChI is InChI=1S/C22H32N4O/c1-27-20-8-7-18-16-19(6-5-11-25-14-9-23-10-15-25)22(24-21(18)17-20)26-12-3-2-4-13-26/h7-8,16-17,23H,2-6,9-15H2,1H3. The van der Waals surface area contributed by atoms with Crippen LogP contribution in [0.25, 0.3) is 10.9 Å². The van der Waals surface area contributed by atoms with Gasteiger partial charge < -0.3 is 19.9 Å². The molecule has 1 N–H and O–H groups in total. The van der Waals surface area contributed by atoms with E-state index in [1.807, 2.05) is 6.07 Å². The molecule has 27 heavy (non-hydrogen) atoms. The van der Waals surface area contributed by atoms with Gasteiger partial charge in [0.1, 0.15) is 11.6 Å². The largest absolute Gasteiger partial charge is 0.497 e. The Morgan fingerprint density at radius 2 is 1.85 bits per heavy atom. The number of ether oxygens (including phenoxy) is 1. The highest BCUT2D eigenvalue weighted by Gasteiger charge is 2.18. The Morgan fingerprint density at radius 1 is 1.04 bits per heavy atom. The Balaban J connectivity index is 1.55. The number of pyridine rings is 1. The predicted octanol–water partition coefficient (Wildman–Crippen LogP) is 3.07. The van der Waals surface area contributed by atoms with E-state index in [9.17, 15) is 0 Å². The van der Waals surface area contributed by atoms with Crippen LogP contribution in [0.4, 0.5) is 5.82 Å². The maximum Gasteiger partial charge on any atom is 0.132 e. The molecule has 0 atom stereocenters. The van der Waals surface area contributed by atoms with E-state index in [-0.39, 0.29) is 0 Å². The molecule has 4 rings (SSSR count). The molecule has 3 heterocycles. The lowest BCUT2D eigenvalue weighted by atomic mass is 10.0. The number of anilines is 1. The van der Waals surface area contributed by atoms with Crippen LogP contribution < -0.4 is 15.0 Å². The fourth-order valence-corrected chi connectivity index (χ4v) is 4.30. The van der Waals surface area contributed by atoms with Gasteiger partial charge in [0.25, 0.3) is 0 Å². The van der Waals surface area contributed by atoms with Crippen LogP contribution in [0.5, 0.6) is 5.75 Å². The molecule has 1 aromatic carbocycles. The van der Waals surface area contributed by atoms with Crippen LogP contribution in [-0.2, 0) is 6.42 Å². The molecule has 0 bridgehead atoms. The molecule has 0 aliphatic carbocycles. The van der Waals surface area contributed by atoms with Crippen LogP contribution in [0.3, 0.4) is 0 Å². The van der Waals surface area contributed by atoms with E-state index in [1.165, 1.54) is 62.1 Å². The first-order chi connectivity index (χ1) is 13.3. The Morgan fingerprint density at radius 3 is 2.63 bits per heavy atom. The van der Waals surface area contributed by atoms with Crippen molar-refractivity contribution in [2.45, 2.75) is 32.1 Å². The summed E-state index contributed by atoms with van der Waals surface area (Å²) in [4.78, 5) is 10.2. The molecule has 2 aliphatic rings. The Kier molecular flexibility index (Phi) is 6.10. The van der Waals surface area contributed by atoms with Gasteiger partial charge >= 0.3 is 0 Å². The number of piperidine rings is 1. The van der Waals surface area contributed by atoms with Gasteiger partial charge in [-0.25, -0.2) is 4.98 Å². The van der Waals surface area contributed by atoms with Crippen molar-refractivity contribution in [1.29, 1.82) is 0 Å². The lowest BCUT2D eigenvalue weighted by molar-refractivity contribution is 0.238. The number of hydrogen-bond acceptors (Lipinski definition) is 5. The van der Waals surface area contributed by atoms with Crippen molar-refractivity contribution in [2.75, 3.05) is 57.8 Å². The van der Waals surface area contributed by atoms with Crippen LogP contribution in [0.2, 0.25) is 0 Å². The molecule has 2 saturated heterocycles. The third-order valence-corrected chi connectivity index (χ3v) is 5.87. The summed E-state index contributed by atoms with van der Waals surface area (Å²) in [5.41, 5.74) is 2.45. The topological polar surface area (TPSA) is 40.6 Å². The van der Waals surface area contributed by atoms with E-state index in [2.05, 4.69) is 33.3 Å². The SMILES string of the molecule is COc1ccc2cc(CCCN3CCNCC3)c(N3CCCCC3)nc2c1. The normalized spacial score (nSPS) is 18.8. The van der Waals surface area contributed by atoms with Crippen molar-refractivity contribution >= 4 is 16.7 Å². The first-order valence-corrected chi connectivity index (χ1v) is 10.5. The first-order valence-electron chi connectivity index (χ1n) is 10.5. The molecule has 2 aliphatic heterocycles. The molecule has 0 saturated carbocycles. The van der Waals surface area contributed by atoms with E-state index in [0.717, 1.165) is 43.9 Å². The van der Waals surface area contributed by atoms with E-state index >= 15 is 0 Å². The quantitative estimate of drug-likeness (QED) is 0.849. The van der Waals surface area contributed by atoms with Gasteiger partial charge in [-0.3, -0.25) is 0 Å². The maximum absolute atomic E-state index is 5.41. The molecule has 0 spiro atoms. The van der Waals surface area contributed by atoms with Crippen LogP contribution >= 0.6 is 0 Å². The van der Waals surface area contributed by atoms with Gasteiger partial charge in [-0.2, -0.15) is 0 Å². The average molecular weight is 369 g/mol. The van der Waals surface area contributed by atoms with E-state index in [0.29, 0.717) is 0 Å². The number of aryl methyl sites for hydroxylation is 1. The van der Waals surface area contributed by atoms with Gasteiger partial charge in [-0.05, 0) is 62.4 Å². The first kappa shape index (κ1) is 18.5. The summed E-state index contributed by atoms with van der Waals surface area (Å²) in [5.74, 6) is 2.09. The zero-order chi connectivity index (χ0) is 18.5. The van der Waals surface area contributed by atoms with Crippen molar-refractivity contribution < 1.29 is 4.74 Å². The summed E-state index contributed by atoms with van der Waals surface area (Å²) in [6.07, 6.45) is 6.20. The Hall–Kier alpha value is -1.85. The summed E-state index contributed by atoms with van der Waals surface area (Å²) < 4.78 is 5.41. The molecule has 0 amide bonds. The summed E-state index contributed by atoms with van der Waals surface area (Å²) in [6.45, 7) is 8.04. The third-order valence-electron chi connectivity index (χ3n) is 5.87. The molecule has 1 aromatic heterocycles. The predicted molar refractivity (Wildman–Crippen MR) is 112 cm³/mol. The molecule has 5 nitrogen and oxygen atoms in total. The van der Waals surface area contributed by atoms with Crippen LogP contribution in [0.15, 0.2) is 24.3 Å². The second kappa shape index (κ2) is 8.89. The highest BCUT2D eigenvalue weighted by atomic mass is 16.5. The number of aromatic nitrogens is 1. The van der Waals surface area contributed by atoms with Gasteiger partial charge in [0.15, 0.2) is 0 Å². The number of benzene rings is 1. The van der Waals surface area contributed by atoms with Crippen molar-refractivity contribution in [3.63, 3.8) is 0 Å². The number of piperazine rings is 1. The molecular weight excluding hydrogens is 336 g/mol. The number of fused-ring (bicyclic) bond motifs is 1. The Labute approximate surface area is 162 Å². The van der Waals surface area contributed by atoms with Crippen LogP contribution in [0.1, 0.15) is 31.2 Å². The van der Waals surface area contributed by atoms with Crippen LogP contribution in [0, 0.1) is 0 Å². The lowest BCUT2D eigenvalue weighted by Crippen LogP contribution is -2.43. The second-order valence-electron chi connectivity index (χ2n) is 7.77. The van der Waals surface area contributed by atoms with Gasteiger partial charge in [0.05, 0.1) is 12.6 Å². The molecule has 0 radical (unpaired) electrons. The maximum atomic E-state index is 5.41. The number of hydrogen-bond donors (Lipinski definition) is 1. The zero-order valence-electron chi connectivity index (χ0n) is 16.5. The zero-order valence-corrected chi connectivity index (χ0v) is 16.5. The molecular formula is C22H32N4O. The molecule has 2 fully saturated rings. The minimum Gasteiger partial charge on any atom is -0.497 e. The fraction of sp³-hybridized carbons (Fsp3) is 0.591. The number of nitrogens with one attached hydrogen (secondary N) is 1. The highest BCUT2D eigenvalue weighted by Crippen LogP contribution is 2.29. The molecule has 5 heteroatoms. The van der Waals surface area contributed by atoms with E-state index in [1.54, 1.807) is 7.11 Å². The van der Waals surface area contributed by atoms with E-state index < -0.39 is 0 Å². The second-order valence-corrected chi connectivity index (χ2v) is 7.77. The van der Waals surface area contributed by atoms with Crippen molar-refractivity contribution in [3.8, 4) is 5.75 Å². The van der Waals surface area contributed by atoms with Crippen molar-refractivity contribution in [1.82, 2.24) is 15.2 Å². The minimum absolute atomic E-state index is 0.881. The average Bonchev–Trinajstić information content (AvgIpc) is 2.74. The number of methoxy groups -OCH3 is 1. The smallest absolute Gasteiger partial charge is 0.132 e. The fourth-order valence-electron chi connectivity index (χ4n) is 4.30. The van der Waals surface area contributed by atoms with Gasteiger partial charge in [-0.1, -0.05) is 0 Å². The monoisotopic (exact) mass is 368 g/mol. The minimum atomic E-state index is 0.881. The molecule has 0 unspecified atom stereocenters. The molecule has 2 aromatic rings. The van der Waals surface area contributed by atoms with Gasteiger partial charge in [-0.15, -0.1) is 0 Å². The summed E-state index contributed by atoms with van der Waals surface area (Å²) in [6, 6.07) is 8.60. The van der Waals surface area contributed by atoms with Gasteiger partial charge in [0, 0.05) is 50.7 Å². The van der Waals surface area contributed by atoms with Crippen molar-refractivity contribution in [2.24, 2.45) is 0 Å². The highest BCUT2D eigenvalue weighted by molar-refractivity contribution is 5.83. The summed E-state index contributed by atoms with van der Waals surface area (Å²) >= 11 is 0. The van der Waals surface area contributed by atoms with Crippen molar-refractivity contribution in [3.05, 3.63) is 29.8 Å². The van der Waals surface area contributed by atoms with Gasteiger partial charge in [0.2, 0.25) is 0 Å². The third kappa shape index (κ3) is 4.53. The van der Waals surface area contributed by atoms with Crippen LogP contribution in [-0.4, -0.2) is 62.8 Å². The molecule has 146 valence electrons. The number of nitrogens with zero attached hydrogens (tertiary/aromatic N) is 3. The Bertz CT molecular complexity index is 751.